The van der Waals surface area contributed by atoms with E-state index in [0.29, 0.717) is 11.3 Å². The Morgan fingerprint density at radius 2 is 1.67 bits per heavy atom. The molecule has 142 valence electrons. The van der Waals surface area contributed by atoms with Crippen LogP contribution in [0.2, 0.25) is 0 Å². The minimum Gasteiger partial charge on any atom is -0.332 e. The van der Waals surface area contributed by atoms with Gasteiger partial charge in [-0.2, -0.15) is 0 Å². The lowest BCUT2D eigenvalue weighted by Gasteiger charge is -2.17. The molecule has 8 heteroatoms. The summed E-state index contributed by atoms with van der Waals surface area (Å²) >= 11 is 0. The van der Waals surface area contributed by atoms with Gasteiger partial charge in [-0.3, -0.25) is 9.59 Å². The van der Waals surface area contributed by atoms with Crippen LogP contribution in [0.25, 0.3) is 0 Å². The number of anilines is 1. The molecule has 0 aliphatic heterocycles. The van der Waals surface area contributed by atoms with Crippen LogP contribution >= 0.6 is 0 Å². The third-order valence-corrected chi connectivity index (χ3v) is 5.63. The van der Waals surface area contributed by atoms with Crippen LogP contribution < -0.4 is 10.0 Å². The summed E-state index contributed by atoms with van der Waals surface area (Å²) in [6.07, 6.45) is 1.71. The predicted molar refractivity (Wildman–Crippen MR) is 102 cm³/mol. The molecule has 3 rings (SSSR count). The van der Waals surface area contributed by atoms with Crippen LogP contribution in [0, 0.1) is 0 Å². The SMILES string of the molecule is CN(CC(=O)Nc1ccccc1)C(=O)c1ccc(S(=O)(=O)NC2CC2)cc1. The molecule has 2 N–H and O–H groups in total. The summed E-state index contributed by atoms with van der Waals surface area (Å²) in [5, 5.41) is 2.71. The van der Waals surface area contributed by atoms with E-state index in [-0.39, 0.29) is 29.3 Å². The standard InChI is InChI=1S/C19H21N3O4S/c1-22(13-18(23)20-15-5-3-2-4-6-15)19(24)14-7-11-17(12-8-14)27(25,26)21-16-9-10-16/h2-8,11-12,16,21H,9-10,13H2,1H3,(H,20,23). The van der Waals surface area contributed by atoms with Gasteiger partial charge in [-0.05, 0) is 49.2 Å². The molecule has 1 aliphatic carbocycles. The van der Waals surface area contributed by atoms with Crippen LogP contribution in [-0.2, 0) is 14.8 Å². The van der Waals surface area contributed by atoms with Crippen molar-refractivity contribution in [1.29, 1.82) is 0 Å². The molecular formula is C19H21N3O4S. The number of carbonyl (C=O) groups excluding carboxylic acids is 2. The molecule has 0 spiro atoms. The van der Waals surface area contributed by atoms with Gasteiger partial charge in [0.05, 0.1) is 11.4 Å². The van der Waals surface area contributed by atoms with E-state index in [0.717, 1.165) is 12.8 Å². The fraction of sp³-hybridized carbons (Fsp3) is 0.263. The Kier molecular flexibility index (Phi) is 5.57. The van der Waals surface area contributed by atoms with Crippen molar-refractivity contribution < 1.29 is 18.0 Å². The van der Waals surface area contributed by atoms with E-state index < -0.39 is 10.0 Å². The van der Waals surface area contributed by atoms with Crippen molar-refractivity contribution in [3.05, 3.63) is 60.2 Å². The van der Waals surface area contributed by atoms with Crippen LogP contribution in [0.3, 0.4) is 0 Å². The number of para-hydroxylation sites is 1. The third kappa shape index (κ3) is 5.15. The summed E-state index contributed by atoms with van der Waals surface area (Å²) in [5.41, 5.74) is 0.969. The second-order valence-corrected chi connectivity index (χ2v) is 8.21. The molecule has 0 saturated heterocycles. The molecule has 1 aliphatic rings. The maximum atomic E-state index is 12.5. The molecule has 0 heterocycles. The van der Waals surface area contributed by atoms with E-state index in [1.807, 2.05) is 6.07 Å². The number of hydrogen-bond acceptors (Lipinski definition) is 4. The van der Waals surface area contributed by atoms with Gasteiger partial charge >= 0.3 is 0 Å². The number of nitrogens with zero attached hydrogens (tertiary/aromatic N) is 1. The molecule has 7 nitrogen and oxygen atoms in total. The molecular weight excluding hydrogens is 366 g/mol. The molecule has 1 saturated carbocycles. The number of rotatable bonds is 7. The lowest BCUT2D eigenvalue weighted by atomic mass is 10.2. The second-order valence-electron chi connectivity index (χ2n) is 6.50. The molecule has 2 amide bonds. The van der Waals surface area contributed by atoms with Crippen LogP contribution in [0.5, 0.6) is 0 Å². The largest absolute Gasteiger partial charge is 0.332 e. The van der Waals surface area contributed by atoms with Gasteiger partial charge in [0.25, 0.3) is 5.91 Å². The van der Waals surface area contributed by atoms with Crippen molar-refractivity contribution >= 4 is 27.5 Å². The lowest BCUT2D eigenvalue weighted by Crippen LogP contribution is -2.35. The highest BCUT2D eigenvalue weighted by Gasteiger charge is 2.28. The van der Waals surface area contributed by atoms with Crippen molar-refractivity contribution in [1.82, 2.24) is 9.62 Å². The Bertz CT molecular complexity index is 923. The summed E-state index contributed by atoms with van der Waals surface area (Å²) < 4.78 is 26.9. The Balaban J connectivity index is 1.60. The lowest BCUT2D eigenvalue weighted by molar-refractivity contribution is -0.116. The Labute approximate surface area is 158 Å². The van der Waals surface area contributed by atoms with Crippen LogP contribution in [0.4, 0.5) is 5.69 Å². The van der Waals surface area contributed by atoms with Crippen molar-refractivity contribution in [2.75, 3.05) is 18.9 Å². The number of sulfonamides is 1. The minimum absolute atomic E-state index is 0.0190. The van der Waals surface area contributed by atoms with Crippen molar-refractivity contribution in [3.63, 3.8) is 0 Å². The van der Waals surface area contributed by atoms with Gasteiger partial charge in [-0.15, -0.1) is 0 Å². The Hall–Kier alpha value is -2.71. The quantitative estimate of drug-likeness (QED) is 0.758. The molecule has 27 heavy (non-hydrogen) atoms. The molecule has 0 atom stereocenters. The van der Waals surface area contributed by atoms with Gasteiger partial charge in [-0.25, -0.2) is 13.1 Å². The first-order chi connectivity index (χ1) is 12.8. The summed E-state index contributed by atoms with van der Waals surface area (Å²) in [7, 11) is -2.03. The molecule has 0 aromatic heterocycles. The third-order valence-electron chi connectivity index (χ3n) is 4.10. The molecule has 2 aromatic carbocycles. The Morgan fingerprint density at radius 3 is 2.26 bits per heavy atom. The average molecular weight is 387 g/mol. The summed E-state index contributed by atoms with van der Waals surface area (Å²) in [4.78, 5) is 25.9. The van der Waals surface area contributed by atoms with Crippen molar-refractivity contribution in [2.45, 2.75) is 23.8 Å². The predicted octanol–water partition coefficient (Wildman–Crippen LogP) is 1.84. The first-order valence-corrected chi connectivity index (χ1v) is 10.1. The number of amides is 2. The maximum Gasteiger partial charge on any atom is 0.254 e. The summed E-state index contributed by atoms with van der Waals surface area (Å²) in [6, 6.07) is 14.7. The van der Waals surface area contributed by atoms with Gasteiger partial charge in [0.1, 0.15) is 0 Å². The van der Waals surface area contributed by atoms with Gasteiger partial charge < -0.3 is 10.2 Å². The highest BCUT2D eigenvalue weighted by Crippen LogP contribution is 2.22. The maximum absolute atomic E-state index is 12.5. The monoisotopic (exact) mass is 387 g/mol. The summed E-state index contributed by atoms with van der Waals surface area (Å²) in [6.45, 7) is -0.114. The fourth-order valence-corrected chi connectivity index (χ4v) is 3.80. The number of likely N-dealkylation sites (N-methyl/N-ethyl adjacent to an activating group) is 1. The van der Waals surface area contributed by atoms with Crippen LogP contribution in [0.1, 0.15) is 23.2 Å². The number of nitrogens with one attached hydrogen (secondary N) is 2. The van der Waals surface area contributed by atoms with E-state index in [4.69, 9.17) is 0 Å². The van der Waals surface area contributed by atoms with E-state index >= 15 is 0 Å². The van der Waals surface area contributed by atoms with Gasteiger partial charge in [-0.1, -0.05) is 18.2 Å². The fourth-order valence-electron chi connectivity index (χ4n) is 2.49. The van der Waals surface area contributed by atoms with Crippen molar-refractivity contribution in [3.8, 4) is 0 Å². The van der Waals surface area contributed by atoms with E-state index in [9.17, 15) is 18.0 Å². The second kappa shape index (κ2) is 7.89. The van der Waals surface area contributed by atoms with E-state index in [2.05, 4.69) is 10.0 Å². The van der Waals surface area contributed by atoms with Gasteiger partial charge in [0.2, 0.25) is 15.9 Å². The number of hydrogen-bond donors (Lipinski definition) is 2. The molecule has 0 bridgehead atoms. The molecule has 1 fully saturated rings. The first-order valence-electron chi connectivity index (χ1n) is 8.58. The van der Waals surface area contributed by atoms with Crippen LogP contribution in [-0.4, -0.2) is 44.8 Å². The number of benzene rings is 2. The topological polar surface area (TPSA) is 95.6 Å². The summed E-state index contributed by atoms with van der Waals surface area (Å²) in [5.74, 6) is -0.679. The molecule has 0 unspecified atom stereocenters. The number of carbonyl (C=O) groups is 2. The molecule has 2 aromatic rings. The highest BCUT2D eigenvalue weighted by molar-refractivity contribution is 7.89. The highest BCUT2D eigenvalue weighted by atomic mass is 32.2. The van der Waals surface area contributed by atoms with E-state index in [1.54, 1.807) is 24.3 Å². The van der Waals surface area contributed by atoms with Gasteiger partial charge in [0.15, 0.2) is 0 Å². The van der Waals surface area contributed by atoms with Gasteiger partial charge in [0, 0.05) is 24.3 Å². The van der Waals surface area contributed by atoms with E-state index in [1.165, 1.54) is 36.2 Å². The average Bonchev–Trinajstić information content (AvgIpc) is 3.45. The zero-order valence-electron chi connectivity index (χ0n) is 14.9. The van der Waals surface area contributed by atoms with Crippen molar-refractivity contribution in [2.24, 2.45) is 0 Å². The Morgan fingerprint density at radius 1 is 1.04 bits per heavy atom. The zero-order valence-corrected chi connectivity index (χ0v) is 15.7. The smallest absolute Gasteiger partial charge is 0.254 e. The first kappa shape index (κ1) is 19.1. The van der Waals surface area contributed by atoms with Crippen LogP contribution in [0.15, 0.2) is 59.5 Å². The minimum atomic E-state index is -3.55. The zero-order chi connectivity index (χ0) is 19.4. The normalized spacial score (nSPS) is 13.8. The molecule has 0 radical (unpaired) electrons.